The van der Waals surface area contributed by atoms with Crippen LogP contribution in [0.15, 0.2) is 66.7 Å². The maximum absolute atomic E-state index is 15.4. The predicted octanol–water partition coefficient (Wildman–Crippen LogP) is 12.2. The number of pyridine rings is 1. The maximum Gasteiger partial charge on any atom is 0.435 e. The van der Waals surface area contributed by atoms with Gasteiger partial charge in [0.25, 0.3) is 11.8 Å². The SMILES string of the molecule is CSN(C(=O)c1ccccc1C)c1nn(CC(F)(F)F)c2c(-c3ccc(C#CC(C)(C)SC)nc3C(Cc3cc(F)cc(F)c3)NC(=O)Cn3nc(C(F)(F)F)c4c3C(F)(F)C[C@@H]4C)ccc(Cl)c12. The molecule has 0 spiro atoms. The number of carbonyl (C=O) groups excluding carboxylic acids is 2. The van der Waals surface area contributed by atoms with Crippen LogP contribution in [0.3, 0.4) is 0 Å². The molecule has 1 aliphatic carbocycles. The van der Waals surface area contributed by atoms with E-state index in [0.717, 1.165) is 28.4 Å². The zero-order chi connectivity index (χ0) is 50.5. The van der Waals surface area contributed by atoms with Crippen molar-refractivity contribution < 1.29 is 53.5 Å². The minimum Gasteiger partial charge on any atom is -0.346 e. The molecule has 1 aliphatic rings. The van der Waals surface area contributed by atoms with Crippen LogP contribution in [0.25, 0.3) is 22.0 Å². The normalized spacial score (nSPS) is 15.2. The van der Waals surface area contributed by atoms with Crippen molar-refractivity contribution >= 4 is 63.8 Å². The van der Waals surface area contributed by atoms with Crippen molar-refractivity contribution in [3.63, 3.8) is 0 Å². The Kier molecular flexibility index (Phi) is 14.3. The Bertz CT molecular complexity index is 3030. The van der Waals surface area contributed by atoms with E-state index in [1.54, 1.807) is 31.4 Å². The number of amides is 2. The Morgan fingerprint density at radius 1 is 0.957 bits per heavy atom. The highest BCUT2D eigenvalue weighted by Gasteiger charge is 2.53. The van der Waals surface area contributed by atoms with Gasteiger partial charge in [-0.25, -0.2) is 18.1 Å². The lowest BCUT2D eigenvalue weighted by atomic mass is 9.93. The zero-order valence-electron chi connectivity index (χ0n) is 37.3. The molecule has 2 amide bonds. The Labute approximate surface area is 402 Å². The van der Waals surface area contributed by atoms with Crippen LogP contribution >= 0.6 is 35.3 Å². The molecule has 0 fully saturated rings. The van der Waals surface area contributed by atoms with Crippen LogP contribution in [-0.2, 0) is 36.4 Å². The molecule has 3 aromatic heterocycles. The van der Waals surface area contributed by atoms with E-state index in [1.165, 1.54) is 55.3 Å². The fourth-order valence-electron chi connectivity index (χ4n) is 8.19. The highest BCUT2D eigenvalue weighted by atomic mass is 35.5. The number of alkyl halides is 8. The van der Waals surface area contributed by atoms with E-state index in [-0.39, 0.29) is 60.1 Å². The summed E-state index contributed by atoms with van der Waals surface area (Å²) in [6.07, 6.45) is -8.27. The molecule has 9 nitrogen and oxygen atoms in total. The minimum absolute atomic E-state index is 0.0241. The van der Waals surface area contributed by atoms with Crippen molar-refractivity contribution in [2.45, 2.75) is 88.6 Å². The fraction of sp³-hybridized carbons (Fsp3) is 0.340. The lowest BCUT2D eigenvalue weighted by Gasteiger charge is -2.23. The van der Waals surface area contributed by atoms with E-state index in [2.05, 4.69) is 27.4 Å². The van der Waals surface area contributed by atoms with E-state index in [4.69, 9.17) is 16.6 Å². The Balaban J connectivity index is 1.47. The van der Waals surface area contributed by atoms with Gasteiger partial charge in [0.05, 0.1) is 32.4 Å². The largest absolute Gasteiger partial charge is 0.435 e. The summed E-state index contributed by atoms with van der Waals surface area (Å²) in [5, 5.41) is 10.1. The van der Waals surface area contributed by atoms with Crippen LogP contribution in [0.2, 0.25) is 5.02 Å². The molecule has 2 atom stereocenters. The van der Waals surface area contributed by atoms with E-state index >= 15 is 8.78 Å². The first-order chi connectivity index (χ1) is 32.2. The Morgan fingerprint density at radius 3 is 2.25 bits per heavy atom. The molecule has 6 aromatic rings. The van der Waals surface area contributed by atoms with Gasteiger partial charge >= 0.3 is 12.4 Å². The molecular formula is C47H40ClF10N7O2S2. The number of hydrogen-bond donors (Lipinski definition) is 1. The van der Waals surface area contributed by atoms with Crippen molar-refractivity contribution in [3.8, 4) is 23.0 Å². The maximum atomic E-state index is 15.4. The van der Waals surface area contributed by atoms with Crippen molar-refractivity contribution in [1.82, 2.24) is 29.9 Å². The summed E-state index contributed by atoms with van der Waals surface area (Å²) in [5.74, 6) is -3.28. The number of nitrogens with zero attached hydrogens (tertiary/aromatic N) is 6. The second-order valence-corrected chi connectivity index (χ2v) is 19.3. The second-order valence-electron chi connectivity index (χ2n) is 16.8. The fourth-order valence-corrected chi connectivity index (χ4v) is 9.14. The molecule has 1 unspecified atom stereocenters. The van der Waals surface area contributed by atoms with Crippen LogP contribution in [0.4, 0.5) is 49.7 Å². The third-order valence-corrected chi connectivity index (χ3v) is 13.4. The zero-order valence-corrected chi connectivity index (χ0v) is 39.7. The molecule has 364 valence electrons. The van der Waals surface area contributed by atoms with Crippen molar-refractivity contribution in [2.24, 2.45) is 0 Å². The van der Waals surface area contributed by atoms with Gasteiger partial charge in [-0.3, -0.25) is 19.0 Å². The molecule has 0 bridgehead atoms. The van der Waals surface area contributed by atoms with E-state index in [1.807, 2.05) is 13.8 Å². The van der Waals surface area contributed by atoms with Crippen LogP contribution in [0.5, 0.6) is 0 Å². The quantitative estimate of drug-likeness (QED) is 0.0741. The molecule has 3 heterocycles. The summed E-state index contributed by atoms with van der Waals surface area (Å²) in [4.78, 5) is 33.1. The number of aryl methyl sites for hydroxylation is 1. The number of halogens is 11. The van der Waals surface area contributed by atoms with Gasteiger partial charge in [0, 0.05) is 41.0 Å². The third-order valence-electron chi connectivity index (χ3n) is 11.3. The molecule has 0 saturated heterocycles. The van der Waals surface area contributed by atoms with Crippen LogP contribution in [0, 0.1) is 30.4 Å². The summed E-state index contributed by atoms with van der Waals surface area (Å²) >= 11 is 9.06. The monoisotopic (exact) mass is 1020 g/mol. The second kappa shape index (κ2) is 19.2. The number of fused-ring (bicyclic) bond motifs is 2. The topological polar surface area (TPSA) is 97.9 Å². The van der Waals surface area contributed by atoms with Gasteiger partial charge in [-0.05, 0) is 105 Å². The number of carbonyl (C=O) groups is 2. The average molecular weight is 1020 g/mol. The lowest BCUT2D eigenvalue weighted by Crippen LogP contribution is -2.35. The van der Waals surface area contributed by atoms with Gasteiger partial charge in [-0.1, -0.05) is 48.7 Å². The summed E-state index contributed by atoms with van der Waals surface area (Å²) in [6.45, 7) is 3.58. The van der Waals surface area contributed by atoms with Gasteiger partial charge in [-0.15, -0.1) is 11.8 Å². The number of aromatic nitrogens is 5. The Morgan fingerprint density at radius 2 is 1.62 bits per heavy atom. The average Bonchev–Trinajstić information content (AvgIpc) is 3.89. The number of rotatable bonds is 12. The summed E-state index contributed by atoms with van der Waals surface area (Å²) in [6, 6.07) is 12.9. The standard InChI is InChI=1S/C47H40ClF10N7O2S2/c1-24-9-7-8-10-30(24)43(67)65(69-6)42-37-33(48)14-13-32(39(37)64(62-42)23-46(53,54)55)31-12-11-29(15-16-44(3,4)68-5)59-38(31)34(19-26-17-27(49)20-28(50)18-26)60-35(66)22-63-41-36(25(2)21-45(41,51)52)40(61-63)47(56,57)58/h7-14,17-18,20,25,34H,19,21-23H2,1-6H3,(H,60,66)/t25-,34?/m0/s1. The minimum atomic E-state index is -5.17. The van der Waals surface area contributed by atoms with E-state index in [9.17, 15) is 44.7 Å². The van der Waals surface area contributed by atoms with Crippen LogP contribution < -0.4 is 9.62 Å². The third kappa shape index (κ3) is 10.9. The molecular weight excluding hydrogens is 984 g/mol. The highest BCUT2D eigenvalue weighted by Crippen LogP contribution is 2.52. The molecule has 3 aromatic carbocycles. The molecule has 22 heteroatoms. The highest BCUT2D eigenvalue weighted by molar-refractivity contribution is 8.00. The molecule has 69 heavy (non-hydrogen) atoms. The number of hydrogen-bond acceptors (Lipinski definition) is 7. The van der Waals surface area contributed by atoms with Crippen LogP contribution in [0.1, 0.15) is 89.0 Å². The van der Waals surface area contributed by atoms with E-state index < -0.39 is 101 Å². The molecule has 0 saturated carbocycles. The summed E-state index contributed by atoms with van der Waals surface area (Å²) in [5.41, 5.74) is -3.27. The Hall–Kier alpha value is -5.72. The number of nitrogens with one attached hydrogen (secondary N) is 1. The lowest BCUT2D eigenvalue weighted by molar-refractivity contribution is -0.143. The van der Waals surface area contributed by atoms with Crippen molar-refractivity contribution in [1.29, 1.82) is 0 Å². The van der Waals surface area contributed by atoms with Gasteiger partial charge in [0.1, 0.15) is 36.1 Å². The van der Waals surface area contributed by atoms with Crippen molar-refractivity contribution in [3.05, 3.63) is 128 Å². The number of anilines is 1. The molecule has 0 aliphatic heterocycles. The first kappa shape index (κ1) is 51.1. The first-order valence-corrected chi connectivity index (χ1v) is 23.6. The van der Waals surface area contributed by atoms with Crippen LogP contribution in [-0.4, -0.2) is 59.8 Å². The number of benzene rings is 3. The molecule has 7 rings (SSSR count). The molecule has 0 radical (unpaired) electrons. The smallest absolute Gasteiger partial charge is 0.346 e. The van der Waals surface area contributed by atoms with Gasteiger partial charge < -0.3 is 5.32 Å². The predicted molar refractivity (Wildman–Crippen MR) is 245 cm³/mol. The number of thioether (sulfide) groups is 1. The molecule has 1 N–H and O–H groups in total. The van der Waals surface area contributed by atoms with Gasteiger partial charge in [0.2, 0.25) is 5.91 Å². The van der Waals surface area contributed by atoms with E-state index in [0.29, 0.717) is 16.3 Å². The first-order valence-electron chi connectivity index (χ1n) is 20.8. The van der Waals surface area contributed by atoms with Gasteiger partial charge in [0.15, 0.2) is 11.5 Å². The van der Waals surface area contributed by atoms with Crippen molar-refractivity contribution in [2.75, 3.05) is 16.8 Å². The van der Waals surface area contributed by atoms with Gasteiger partial charge in [-0.2, -0.15) is 45.3 Å². The summed E-state index contributed by atoms with van der Waals surface area (Å²) < 4.78 is 148. The summed E-state index contributed by atoms with van der Waals surface area (Å²) in [7, 11) is 0.